The van der Waals surface area contributed by atoms with Crippen LogP contribution in [0.4, 0.5) is 17.2 Å². The minimum atomic E-state index is 0.563. The van der Waals surface area contributed by atoms with Crippen LogP contribution in [0.3, 0.4) is 0 Å². The van der Waals surface area contributed by atoms with Gasteiger partial charge in [0.1, 0.15) is 18.4 Å². The number of aliphatic imine (C=N–C) groups is 1. The second kappa shape index (κ2) is 5.65. The molecule has 0 bridgehead atoms. The molecule has 24 heavy (non-hydrogen) atoms. The van der Waals surface area contributed by atoms with E-state index in [0.29, 0.717) is 22.2 Å². The van der Waals surface area contributed by atoms with E-state index in [2.05, 4.69) is 15.0 Å². The van der Waals surface area contributed by atoms with Crippen LogP contribution in [0.2, 0.25) is 5.02 Å². The molecule has 0 N–H and O–H groups in total. The van der Waals surface area contributed by atoms with Gasteiger partial charge in [-0.05, 0) is 24.3 Å². The van der Waals surface area contributed by atoms with Crippen molar-refractivity contribution in [2.24, 2.45) is 4.99 Å². The molecular formula is C17H13ClN4O2. The van der Waals surface area contributed by atoms with Gasteiger partial charge in [-0.1, -0.05) is 11.6 Å². The summed E-state index contributed by atoms with van der Waals surface area (Å²) < 4.78 is 10.9. The molecular weight excluding hydrogens is 328 g/mol. The predicted molar refractivity (Wildman–Crippen MR) is 94.4 cm³/mol. The van der Waals surface area contributed by atoms with Gasteiger partial charge in [0.15, 0.2) is 17.3 Å². The summed E-state index contributed by atoms with van der Waals surface area (Å²) in [4.78, 5) is 15.2. The monoisotopic (exact) mass is 340 g/mol. The summed E-state index contributed by atoms with van der Waals surface area (Å²) in [7, 11) is 3.18. The van der Waals surface area contributed by atoms with Crippen LogP contribution in [0.25, 0.3) is 10.9 Å². The summed E-state index contributed by atoms with van der Waals surface area (Å²) in [6, 6.07) is 9.30. The third-order valence-electron chi connectivity index (χ3n) is 3.86. The molecule has 1 aliphatic rings. The lowest BCUT2D eigenvalue weighted by Crippen LogP contribution is -2.18. The van der Waals surface area contributed by atoms with Crippen LogP contribution < -0.4 is 14.4 Å². The van der Waals surface area contributed by atoms with Crippen molar-refractivity contribution in [3.63, 3.8) is 0 Å². The summed E-state index contributed by atoms with van der Waals surface area (Å²) in [6.45, 7) is 0. The maximum atomic E-state index is 5.98. The largest absolute Gasteiger partial charge is 0.493 e. The van der Waals surface area contributed by atoms with Crippen LogP contribution in [0.5, 0.6) is 11.5 Å². The molecule has 0 saturated heterocycles. The van der Waals surface area contributed by atoms with Gasteiger partial charge in [0.05, 0.1) is 25.1 Å². The van der Waals surface area contributed by atoms with Crippen LogP contribution >= 0.6 is 11.6 Å². The number of benzene rings is 2. The number of aromatic nitrogens is 2. The average Bonchev–Trinajstić information content (AvgIpc) is 2.62. The molecule has 0 fully saturated rings. The van der Waals surface area contributed by atoms with E-state index in [4.69, 9.17) is 21.1 Å². The van der Waals surface area contributed by atoms with Gasteiger partial charge in [0.2, 0.25) is 0 Å². The Balaban J connectivity index is 1.98. The number of ether oxygens (including phenoxy) is 2. The molecule has 7 heteroatoms. The Labute approximate surface area is 143 Å². The van der Waals surface area contributed by atoms with Gasteiger partial charge in [0, 0.05) is 16.8 Å². The molecule has 0 unspecified atom stereocenters. The van der Waals surface area contributed by atoms with Crippen molar-refractivity contribution in [3.05, 3.63) is 41.7 Å². The van der Waals surface area contributed by atoms with Gasteiger partial charge in [0.25, 0.3) is 0 Å². The topological polar surface area (TPSA) is 59.8 Å². The first-order valence-corrected chi connectivity index (χ1v) is 7.59. The number of nitrogens with zero attached hydrogens (tertiary/aromatic N) is 4. The molecule has 0 atom stereocenters. The van der Waals surface area contributed by atoms with Gasteiger partial charge in [-0.15, -0.1) is 0 Å². The third kappa shape index (κ3) is 2.15. The average molecular weight is 341 g/mol. The highest BCUT2D eigenvalue weighted by molar-refractivity contribution is 6.30. The zero-order valence-corrected chi connectivity index (χ0v) is 13.8. The van der Waals surface area contributed by atoms with E-state index in [0.717, 1.165) is 22.4 Å². The Bertz CT molecular complexity index is 957. The fraction of sp³-hybridized carbons (Fsp3) is 0.118. The fourth-order valence-electron chi connectivity index (χ4n) is 2.76. The van der Waals surface area contributed by atoms with Gasteiger partial charge < -0.3 is 9.47 Å². The molecule has 0 saturated carbocycles. The van der Waals surface area contributed by atoms with Gasteiger partial charge in [-0.2, -0.15) is 0 Å². The van der Waals surface area contributed by atoms with Crippen molar-refractivity contribution in [2.75, 3.05) is 19.1 Å². The summed E-state index contributed by atoms with van der Waals surface area (Å²) in [5.74, 6) is 1.88. The second-order valence-corrected chi connectivity index (χ2v) is 5.58. The van der Waals surface area contributed by atoms with Crippen LogP contribution in [0.15, 0.2) is 41.7 Å². The zero-order valence-electron chi connectivity index (χ0n) is 13.0. The summed E-state index contributed by atoms with van der Waals surface area (Å²) in [5, 5.41) is 1.49. The molecule has 2 aromatic carbocycles. The molecule has 1 aromatic heterocycles. The smallest absolute Gasteiger partial charge is 0.187 e. The van der Waals surface area contributed by atoms with Gasteiger partial charge in [-0.3, -0.25) is 4.90 Å². The Kier molecular flexibility index (Phi) is 3.46. The van der Waals surface area contributed by atoms with Crippen LogP contribution in [0, 0.1) is 0 Å². The number of methoxy groups -OCH3 is 2. The fourth-order valence-corrected chi connectivity index (χ4v) is 2.89. The van der Waals surface area contributed by atoms with Crippen molar-refractivity contribution in [3.8, 4) is 11.5 Å². The summed E-state index contributed by atoms with van der Waals surface area (Å²) in [5.41, 5.74) is 2.31. The molecule has 120 valence electrons. The third-order valence-corrected chi connectivity index (χ3v) is 4.11. The lowest BCUT2D eigenvalue weighted by atomic mass is 10.1. The van der Waals surface area contributed by atoms with Crippen molar-refractivity contribution in [1.29, 1.82) is 0 Å². The first-order valence-electron chi connectivity index (χ1n) is 7.21. The Hall–Kier alpha value is -2.86. The van der Waals surface area contributed by atoms with Crippen molar-refractivity contribution < 1.29 is 9.47 Å². The lowest BCUT2D eigenvalue weighted by Gasteiger charge is -2.25. The Morgan fingerprint density at radius 1 is 1.04 bits per heavy atom. The van der Waals surface area contributed by atoms with Gasteiger partial charge >= 0.3 is 0 Å². The minimum Gasteiger partial charge on any atom is -0.493 e. The molecule has 4 rings (SSSR count). The number of hydrogen-bond donors (Lipinski definition) is 0. The molecule has 1 aliphatic heterocycles. The number of hydrogen-bond acceptors (Lipinski definition) is 6. The van der Waals surface area contributed by atoms with E-state index in [1.54, 1.807) is 20.6 Å². The summed E-state index contributed by atoms with van der Waals surface area (Å²) >= 11 is 5.98. The molecule has 0 aliphatic carbocycles. The van der Waals surface area contributed by atoms with E-state index in [1.807, 2.05) is 35.2 Å². The number of halogens is 1. The number of rotatable bonds is 3. The Morgan fingerprint density at radius 3 is 2.54 bits per heavy atom. The van der Waals surface area contributed by atoms with E-state index < -0.39 is 0 Å². The standard InChI is InChI=1S/C17H13ClN4O2/c1-23-13-7-12-14-15(16(13)24-2)21-9-22(17(14)20-8-19-12)11-5-3-10(18)4-6-11/h3-9H,1-2H3. The van der Waals surface area contributed by atoms with Crippen LogP contribution in [-0.2, 0) is 0 Å². The molecule has 0 radical (unpaired) electrons. The first kappa shape index (κ1) is 14.7. The highest BCUT2D eigenvalue weighted by Crippen LogP contribution is 2.48. The quantitative estimate of drug-likeness (QED) is 0.718. The van der Waals surface area contributed by atoms with Crippen molar-refractivity contribution >= 4 is 46.0 Å². The van der Waals surface area contributed by atoms with Crippen LogP contribution in [0.1, 0.15) is 0 Å². The van der Waals surface area contributed by atoms with Gasteiger partial charge in [-0.25, -0.2) is 15.0 Å². The molecule has 2 heterocycles. The highest BCUT2D eigenvalue weighted by atomic mass is 35.5. The maximum absolute atomic E-state index is 5.98. The predicted octanol–water partition coefficient (Wildman–Crippen LogP) is 4.11. The molecule has 0 spiro atoms. The Morgan fingerprint density at radius 2 is 1.83 bits per heavy atom. The zero-order chi connectivity index (χ0) is 16.7. The molecule has 3 aromatic rings. The van der Waals surface area contributed by atoms with E-state index in [9.17, 15) is 0 Å². The second-order valence-electron chi connectivity index (χ2n) is 5.14. The van der Waals surface area contributed by atoms with Crippen molar-refractivity contribution in [2.45, 2.75) is 0 Å². The van der Waals surface area contributed by atoms with E-state index in [-0.39, 0.29) is 0 Å². The SMILES string of the molecule is COc1cc2ncnc3c2c(c1OC)N=CN3c1ccc(Cl)cc1. The van der Waals surface area contributed by atoms with E-state index >= 15 is 0 Å². The minimum absolute atomic E-state index is 0.563. The first-order chi connectivity index (χ1) is 11.7. The number of anilines is 2. The highest BCUT2D eigenvalue weighted by Gasteiger charge is 2.25. The maximum Gasteiger partial charge on any atom is 0.187 e. The molecule has 0 amide bonds. The molecule has 6 nitrogen and oxygen atoms in total. The normalized spacial score (nSPS) is 12.5. The van der Waals surface area contributed by atoms with Crippen molar-refractivity contribution in [1.82, 2.24) is 9.97 Å². The summed E-state index contributed by atoms with van der Waals surface area (Å²) in [6.07, 6.45) is 3.23. The lowest BCUT2D eigenvalue weighted by molar-refractivity contribution is 0.357. The van der Waals surface area contributed by atoms with E-state index in [1.165, 1.54) is 6.33 Å². The van der Waals surface area contributed by atoms with Crippen LogP contribution in [-0.4, -0.2) is 30.5 Å².